The highest BCUT2D eigenvalue weighted by Gasteiger charge is 2.09. The molecule has 0 radical (unpaired) electrons. The highest BCUT2D eigenvalue weighted by atomic mass is 32.1. The van der Waals surface area contributed by atoms with Gasteiger partial charge in [-0.25, -0.2) is 0 Å². The minimum Gasteiger partial charge on any atom is -0.330 e. The fourth-order valence-corrected chi connectivity index (χ4v) is 2.55. The fourth-order valence-electron chi connectivity index (χ4n) is 1.89. The lowest BCUT2D eigenvalue weighted by molar-refractivity contribution is 0.263. The Kier molecular flexibility index (Phi) is 5.91. The van der Waals surface area contributed by atoms with Crippen LogP contribution in [0.3, 0.4) is 0 Å². The van der Waals surface area contributed by atoms with Crippen molar-refractivity contribution < 1.29 is 0 Å². The van der Waals surface area contributed by atoms with Gasteiger partial charge in [-0.3, -0.25) is 0 Å². The van der Waals surface area contributed by atoms with E-state index in [1.807, 2.05) is 0 Å². The minimum atomic E-state index is 0.652. The van der Waals surface area contributed by atoms with Gasteiger partial charge in [0.15, 0.2) is 0 Å². The van der Waals surface area contributed by atoms with Crippen LogP contribution < -0.4 is 5.73 Å². The Morgan fingerprint density at radius 1 is 1.53 bits per heavy atom. The molecular formula is C12H22N2S. The second kappa shape index (κ2) is 6.99. The molecule has 0 bridgehead atoms. The summed E-state index contributed by atoms with van der Waals surface area (Å²) in [6, 6.07) is 2.19. The standard InChI is InChI=1S/C12H22N2S/c1-3-4-11(7-13)8-14(2)9-12-5-6-15-10-12/h5-6,10-11H,3-4,7-9,13H2,1-2H3. The van der Waals surface area contributed by atoms with Gasteiger partial charge in [0.2, 0.25) is 0 Å². The van der Waals surface area contributed by atoms with Gasteiger partial charge in [0.05, 0.1) is 0 Å². The summed E-state index contributed by atoms with van der Waals surface area (Å²) >= 11 is 1.77. The lowest BCUT2D eigenvalue weighted by Crippen LogP contribution is -2.29. The molecular weight excluding hydrogens is 204 g/mol. The van der Waals surface area contributed by atoms with Gasteiger partial charge >= 0.3 is 0 Å². The predicted molar refractivity (Wildman–Crippen MR) is 68.1 cm³/mol. The van der Waals surface area contributed by atoms with Crippen LogP contribution in [0.5, 0.6) is 0 Å². The first-order valence-corrected chi connectivity index (χ1v) is 6.60. The van der Waals surface area contributed by atoms with E-state index in [0.717, 1.165) is 19.6 Å². The Hall–Kier alpha value is -0.380. The molecule has 1 unspecified atom stereocenters. The smallest absolute Gasteiger partial charge is 0.0239 e. The molecule has 15 heavy (non-hydrogen) atoms. The zero-order valence-electron chi connectivity index (χ0n) is 9.78. The van der Waals surface area contributed by atoms with Crippen molar-refractivity contribution in [1.29, 1.82) is 0 Å². The van der Waals surface area contributed by atoms with Crippen molar-refractivity contribution in [2.24, 2.45) is 11.7 Å². The van der Waals surface area contributed by atoms with Crippen molar-refractivity contribution in [3.63, 3.8) is 0 Å². The number of nitrogens with zero attached hydrogens (tertiary/aromatic N) is 1. The summed E-state index contributed by atoms with van der Waals surface area (Å²) in [6.45, 7) is 5.19. The van der Waals surface area contributed by atoms with E-state index < -0.39 is 0 Å². The van der Waals surface area contributed by atoms with Crippen molar-refractivity contribution in [2.45, 2.75) is 26.3 Å². The molecule has 0 aliphatic rings. The Labute approximate surface area is 97.1 Å². The van der Waals surface area contributed by atoms with Gasteiger partial charge in [-0.2, -0.15) is 11.3 Å². The first kappa shape index (κ1) is 12.7. The molecule has 0 saturated heterocycles. The predicted octanol–water partition coefficient (Wildman–Crippen LogP) is 2.55. The topological polar surface area (TPSA) is 29.3 Å². The average Bonchev–Trinajstić information content (AvgIpc) is 2.69. The maximum absolute atomic E-state index is 5.76. The van der Waals surface area contributed by atoms with Crippen LogP contribution in [0.1, 0.15) is 25.3 Å². The lowest BCUT2D eigenvalue weighted by atomic mass is 10.0. The Morgan fingerprint density at radius 3 is 2.87 bits per heavy atom. The molecule has 0 fully saturated rings. The van der Waals surface area contributed by atoms with Crippen LogP contribution in [0, 0.1) is 5.92 Å². The highest BCUT2D eigenvalue weighted by Crippen LogP contribution is 2.11. The molecule has 3 heteroatoms. The van der Waals surface area contributed by atoms with Crippen molar-refractivity contribution in [1.82, 2.24) is 4.90 Å². The summed E-state index contributed by atoms with van der Waals surface area (Å²) < 4.78 is 0. The summed E-state index contributed by atoms with van der Waals surface area (Å²) in [7, 11) is 2.18. The molecule has 2 N–H and O–H groups in total. The third-order valence-electron chi connectivity index (χ3n) is 2.63. The number of thiophene rings is 1. The van der Waals surface area contributed by atoms with E-state index in [0.29, 0.717) is 5.92 Å². The second-order valence-corrected chi connectivity index (χ2v) is 5.00. The van der Waals surface area contributed by atoms with Gasteiger partial charge in [-0.1, -0.05) is 13.3 Å². The molecule has 0 aromatic carbocycles. The van der Waals surface area contributed by atoms with Crippen LogP contribution in [0.25, 0.3) is 0 Å². The van der Waals surface area contributed by atoms with Crippen LogP contribution >= 0.6 is 11.3 Å². The Bertz CT molecular complexity index is 246. The van der Waals surface area contributed by atoms with Crippen molar-refractivity contribution in [2.75, 3.05) is 20.1 Å². The van der Waals surface area contributed by atoms with Crippen molar-refractivity contribution >= 4 is 11.3 Å². The average molecular weight is 226 g/mol. The van der Waals surface area contributed by atoms with Crippen LogP contribution in [-0.4, -0.2) is 25.0 Å². The quantitative estimate of drug-likeness (QED) is 0.774. The van der Waals surface area contributed by atoms with E-state index in [4.69, 9.17) is 5.73 Å². The summed E-state index contributed by atoms with van der Waals surface area (Å²) in [4.78, 5) is 2.37. The maximum atomic E-state index is 5.76. The van der Waals surface area contributed by atoms with Crippen molar-refractivity contribution in [3.05, 3.63) is 22.4 Å². The van der Waals surface area contributed by atoms with E-state index in [1.54, 1.807) is 11.3 Å². The van der Waals surface area contributed by atoms with E-state index in [9.17, 15) is 0 Å². The SMILES string of the molecule is CCCC(CN)CN(C)Cc1ccsc1. The Balaban J connectivity index is 2.30. The van der Waals surface area contributed by atoms with E-state index in [-0.39, 0.29) is 0 Å². The molecule has 1 atom stereocenters. The van der Waals surface area contributed by atoms with E-state index in [1.165, 1.54) is 18.4 Å². The third kappa shape index (κ3) is 4.78. The lowest BCUT2D eigenvalue weighted by Gasteiger charge is -2.22. The maximum Gasteiger partial charge on any atom is 0.0239 e. The van der Waals surface area contributed by atoms with Crippen LogP contribution in [0.15, 0.2) is 16.8 Å². The molecule has 1 heterocycles. The molecule has 0 spiro atoms. The molecule has 86 valence electrons. The van der Waals surface area contributed by atoms with Gasteiger partial charge in [0.25, 0.3) is 0 Å². The van der Waals surface area contributed by atoms with Gasteiger partial charge in [0.1, 0.15) is 0 Å². The zero-order valence-corrected chi connectivity index (χ0v) is 10.6. The Morgan fingerprint density at radius 2 is 2.33 bits per heavy atom. The molecule has 1 rings (SSSR count). The van der Waals surface area contributed by atoms with Crippen LogP contribution in [-0.2, 0) is 6.54 Å². The fraction of sp³-hybridized carbons (Fsp3) is 0.667. The zero-order chi connectivity index (χ0) is 11.1. The van der Waals surface area contributed by atoms with Gasteiger partial charge < -0.3 is 10.6 Å². The second-order valence-electron chi connectivity index (χ2n) is 4.22. The summed E-state index contributed by atoms with van der Waals surface area (Å²) in [6.07, 6.45) is 2.47. The van der Waals surface area contributed by atoms with Crippen molar-refractivity contribution in [3.8, 4) is 0 Å². The number of nitrogens with two attached hydrogens (primary N) is 1. The minimum absolute atomic E-state index is 0.652. The number of rotatable bonds is 7. The van der Waals surface area contributed by atoms with E-state index >= 15 is 0 Å². The van der Waals surface area contributed by atoms with E-state index in [2.05, 4.69) is 35.7 Å². The first-order chi connectivity index (χ1) is 7.26. The van der Waals surface area contributed by atoms with Gasteiger partial charge in [-0.05, 0) is 48.3 Å². The molecule has 1 aromatic rings. The molecule has 2 nitrogen and oxygen atoms in total. The first-order valence-electron chi connectivity index (χ1n) is 5.66. The molecule has 0 amide bonds. The van der Waals surface area contributed by atoms with Gasteiger partial charge in [0, 0.05) is 13.1 Å². The molecule has 0 aliphatic carbocycles. The highest BCUT2D eigenvalue weighted by molar-refractivity contribution is 7.07. The van der Waals surface area contributed by atoms with Gasteiger partial charge in [-0.15, -0.1) is 0 Å². The number of hydrogen-bond donors (Lipinski definition) is 1. The monoisotopic (exact) mass is 226 g/mol. The third-order valence-corrected chi connectivity index (χ3v) is 3.36. The largest absolute Gasteiger partial charge is 0.330 e. The summed E-state index contributed by atoms with van der Waals surface area (Å²) in [5, 5.41) is 4.35. The molecule has 0 aliphatic heterocycles. The van der Waals surface area contributed by atoms with Crippen LogP contribution in [0.2, 0.25) is 0 Å². The molecule has 0 saturated carbocycles. The number of hydrogen-bond acceptors (Lipinski definition) is 3. The summed E-state index contributed by atoms with van der Waals surface area (Å²) in [5.41, 5.74) is 7.17. The normalized spacial score (nSPS) is 13.3. The summed E-state index contributed by atoms with van der Waals surface area (Å²) in [5.74, 6) is 0.652. The molecule has 1 aromatic heterocycles. The van der Waals surface area contributed by atoms with Crippen LogP contribution in [0.4, 0.5) is 0 Å².